The summed E-state index contributed by atoms with van der Waals surface area (Å²) in [6.45, 7) is 0.384. The smallest absolute Gasteiger partial charge is 0.364 e. The normalized spacial score (nSPS) is 17.8. The van der Waals surface area contributed by atoms with Crippen molar-refractivity contribution in [3.8, 4) is 0 Å². The first kappa shape index (κ1) is 9.77. The highest BCUT2D eigenvalue weighted by Crippen LogP contribution is 2.24. The van der Waals surface area contributed by atoms with E-state index in [0.717, 1.165) is 5.56 Å². The summed E-state index contributed by atoms with van der Waals surface area (Å²) in [5.41, 5.74) is 1.52. The molecule has 0 saturated carbocycles. The Labute approximate surface area is 97.0 Å². The molecule has 17 heavy (non-hydrogen) atoms. The van der Waals surface area contributed by atoms with E-state index in [9.17, 15) is 9.59 Å². The molecule has 0 fully saturated rings. The number of esters is 1. The van der Waals surface area contributed by atoms with E-state index in [1.54, 1.807) is 0 Å². The number of carbonyl (C=O) groups is 2. The van der Waals surface area contributed by atoms with Crippen molar-refractivity contribution in [2.24, 2.45) is 4.99 Å². The zero-order chi connectivity index (χ0) is 11.8. The fraction of sp³-hybridized carbons (Fsp3) is 0.0833. The molecule has 1 aromatic carbocycles. The van der Waals surface area contributed by atoms with Gasteiger partial charge in [-0.1, -0.05) is 30.3 Å². The zero-order valence-corrected chi connectivity index (χ0v) is 8.79. The topological polar surface area (TPSA) is 59.0 Å². The Balaban J connectivity index is 1.87. The molecule has 2 amide bonds. The number of aliphatic imine (C=N–C) groups is 1. The van der Waals surface area contributed by atoms with Crippen molar-refractivity contribution in [3.63, 3.8) is 0 Å². The maximum Gasteiger partial charge on any atom is 0.364 e. The van der Waals surface area contributed by atoms with Crippen LogP contribution in [-0.4, -0.2) is 22.6 Å². The van der Waals surface area contributed by atoms with Gasteiger partial charge in [0.15, 0.2) is 5.71 Å². The molecule has 0 atom stereocenters. The van der Waals surface area contributed by atoms with Crippen LogP contribution in [0.2, 0.25) is 0 Å². The van der Waals surface area contributed by atoms with E-state index < -0.39 is 12.0 Å². The van der Waals surface area contributed by atoms with Crippen molar-refractivity contribution in [1.82, 2.24) is 4.90 Å². The number of urea groups is 1. The van der Waals surface area contributed by atoms with E-state index in [0.29, 0.717) is 12.2 Å². The zero-order valence-electron chi connectivity index (χ0n) is 8.79. The summed E-state index contributed by atoms with van der Waals surface area (Å²) in [7, 11) is 0. The molecular weight excluding hydrogens is 220 g/mol. The van der Waals surface area contributed by atoms with Crippen molar-refractivity contribution in [1.29, 1.82) is 0 Å². The van der Waals surface area contributed by atoms with Crippen LogP contribution in [0.1, 0.15) is 5.56 Å². The molecule has 0 saturated heterocycles. The summed E-state index contributed by atoms with van der Waals surface area (Å²) in [6.07, 6.45) is 1.27. The lowest BCUT2D eigenvalue weighted by molar-refractivity contribution is -0.129. The van der Waals surface area contributed by atoms with E-state index in [2.05, 4.69) is 4.99 Å². The lowest BCUT2D eigenvalue weighted by Crippen LogP contribution is -2.23. The van der Waals surface area contributed by atoms with E-state index in [-0.39, 0.29) is 5.71 Å². The molecule has 0 unspecified atom stereocenters. The highest BCUT2D eigenvalue weighted by molar-refractivity contribution is 6.48. The summed E-state index contributed by atoms with van der Waals surface area (Å²) in [6, 6.07) is 9.07. The first-order chi connectivity index (χ1) is 8.25. The maximum atomic E-state index is 11.6. The molecule has 3 rings (SSSR count). The highest BCUT2D eigenvalue weighted by atomic mass is 16.5. The second-order valence-corrected chi connectivity index (χ2v) is 3.72. The van der Waals surface area contributed by atoms with Gasteiger partial charge in [-0.3, -0.25) is 4.90 Å². The first-order valence-electron chi connectivity index (χ1n) is 5.11. The average molecular weight is 228 g/mol. The monoisotopic (exact) mass is 228 g/mol. The predicted octanol–water partition coefficient (Wildman–Crippen LogP) is 1.46. The number of fused-ring (bicyclic) bond motifs is 1. The van der Waals surface area contributed by atoms with E-state index in [4.69, 9.17) is 4.74 Å². The van der Waals surface area contributed by atoms with Gasteiger partial charge in [-0.25, -0.2) is 9.59 Å². The Morgan fingerprint density at radius 3 is 2.71 bits per heavy atom. The van der Waals surface area contributed by atoms with Crippen molar-refractivity contribution in [2.45, 2.75) is 6.54 Å². The van der Waals surface area contributed by atoms with Gasteiger partial charge in [0.25, 0.3) is 0 Å². The SMILES string of the molecule is O=C1OC=C2C1=NC(=O)N2Cc1ccccc1. The second kappa shape index (κ2) is 3.55. The third-order valence-electron chi connectivity index (χ3n) is 2.63. The fourth-order valence-electron chi connectivity index (χ4n) is 1.80. The van der Waals surface area contributed by atoms with Gasteiger partial charge in [0.2, 0.25) is 0 Å². The molecule has 5 heteroatoms. The number of rotatable bonds is 2. The average Bonchev–Trinajstić information content (AvgIpc) is 2.83. The minimum atomic E-state index is -0.566. The Kier molecular flexibility index (Phi) is 2.04. The molecule has 1 aromatic rings. The maximum absolute atomic E-state index is 11.6. The molecule has 0 aliphatic carbocycles. The number of carbonyl (C=O) groups excluding carboxylic acids is 2. The number of hydrogen-bond acceptors (Lipinski definition) is 3. The quantitative estimate of drug-likeness (QED) is 0.720. The van der Waals surface area contributed by atoms with Crippen LogP contribution in [0.3, 0.4) is 0 Å². The van der Waals surface area contributed by atoms with Crippen LogP contribution in [0, 0.1) is 0 Å². The Morgan fingerprint density at radius 2 is 1.94 bits per heavy atom. The van der Waals surface area contributed by atoms with Gasteiger partial charge in [-0.05, 0) is 5.56 Å². The molecule has 2 aliphatic rings. The predicted molar refractivity (Wildman–Crippen MR) is 59.0 cm³/mol. The van der Waals surface area contributed by atoms with Gasteiger partial charge in [0.05, 0.1) is 6.54 Å². The molecule has 5 nitrogen and oxygen atoms in total. The van der Waals surface area contributed by atoms with Gasteiger partial charge >= 0.3 is 12.0 Å². The largest absolute Gasteiger partial charge is 0.427 e. The summed E-state index contributed by atoms with van der Waals surface area (Å²) in [5, 5.41) is 0. The number of benzene rings is 1. The molecule has 84 valence electrons. The lowest BCUT2D eigenvalue weighted by atomic mass is 10.2. The van der Waals surface area contributed by atoms with Gasteiger partial charge in [-0.2, -0.15) is 4.99 Å². The van der Waals surface area contributed by atoms with Gasteiger partial charge < -0.3 is 4.74 Å². The van der Waals surface area contributed by atoms with Crippen molar-refractivity contribution in [2.75, 3.05) is 0 Å². The van der Waals surface area contributed by atoms with Crippen LogP contribution in [-0.2, 0) is 16.1 Å². The van der Waals surface area contributed by atoms with Crippen LogP contribution in [0.4, 0.5) is 4.79 Å². The van der Waals surface area contributed by atoms with Crippen molar-refractivity contribution in [3.05, 3.63) is 47.9 Å². The standard InChI is InChI=1S/C12H8N2O3/c15-11-10-9(7-17-11)14(12(16)13-10)6-8-4-2-1-3-5-8/h1-5,7H,6H2. The molecule has 0 aromatic heterocycles. The third kappa shape index (κ3) is 1.52. The second-order valence-electron chi connectivity index (χ2n) is 3.72. The Hall–Kier alpha value is -2.43. The van der Waals surface area contributed by atoms with Crippen LogP contribution in [0.25, 0.3) is 0 Å². The Morgan fingerprint density at radius 1 is 1.18 bits per heavy atom. The van der Waals surface area contributed by atoms with Gasteiger partial charge in [0.1, 0.15) is 12.0 Å². The number of ether oxygens (including phenoxy) is 1. The lowest BCUT2D eigenvalue weighted by Gasteiger charge is -2.14. The summed E-state index contributed by atoms with van der Waals surface area (Å²) in [4.78, 5) is 27.9. The van der Waals surface area contributed by atoms with Crippen LogP contribution < -0.4 is 0 Å². The van der Waals surface area contributed by atoms with Crippen molar-refractivity contribution < 1.29 is 14.3 Å². The van der Waals surface area contributed by atoms with E-state index >= 15 is 0 Å². The molecule has 2 aliphatic heterocycles. The fourth-order valence-corrected chi connectivity index (χ4v) is 1.80. The molecule has 2 heterocycles. The minimum Gasteiger partial charge on any atom is -0.427 e. The van der Waals surface area contributed by atoms with Crippen LogP contribution >= 0.6 is 0 Å². The number of amides is 2. The van der Waals surface area contributed by atoms with E-state index in [1.165, 1.54) is 11.2 Å². The summed E-state index contributed by atoms with van der Waals surface area (Å²) in [5.74, 6) is -0.566. The number of nitrogens with zero attached hydrogens (tertiary/aromatic N) is 2. The number of cyclic esters (lactones) is 1. The molecule has 0 N–H and O–H groups in total. The minimum absolute atomic E-state index is 0.103. The number of hydrogen-bond donors (Lipinski definition) is 0. The Bertz CT molecular complexity index is 560. The van der Waals surface area contributed by atoms with Crippen molar-refractivity contribution >= 4 is 17.7 Å². The molecule has 0 bridgehead atoms. The summed E-state index contributed by atoms with van der Waals surface area (Å²) < 4.78 is 4.71. The summed E-state index contributed by atoms with van der Waals surface area (Å²) >= 11 is 0. The first-order valence-corrected chi connectivity index (χ1v) is 5.11. The van der Waals surface area contributed by atoms with Crippen LogP contribution in [0.5, 0.6) is 0 Å². The van der Waals surface area contributed by atoms with E-state index in [1.807, 2.05) is 30.3 Å². The van der Waals surface area contributed by atoms with Gasteiger partial charge in [0, 0.05) is 0 Å². The van der Waals surface area contributed by atoms with Gasteiger partial charge in [-0.15, -0.1) is 0 Å². The molecule has 0 radical (unpaired) electrons. The molecule has 0 spiro atoms. The third-order valence-corrected chi connectivity index (χ3v) is 2.63. The van der Waals surface area contributed by atoms with Crippen LogP contribution in [0.15, 0.2) is 47.3 Å². The molecular formula is C12H8N2O3. The highest BCUT2D eigenvalue weighted by Gasteiger charge is 2.38.